The molecule has 1 amide bonds. The molecule has 130 valence electrons. The SMILES string of the molecule is NC1CCC(NC(=O)c2ccccc2C(=O)c2ccc(Cl)cc2)CC1. The molecule has 0 heterocycles. The van der Waals surface area contributed by atoms with Crippen molar-refractivity contribution < 1.29 is 9.59 Å². The van der Waals surface area contributed by atoms with Gasteiger partial charge in [-0.1, -0.05) is 29.8 Å². The third kappa shape index (κ3) is 4.27. The molecule has 1 fully saturated rings. The molecule has 1 saturated carbocycles. The molecule has 0 saturated heterocycles. The van der Waals surface area contributed by atoms with Crippen LogP contribution in [0.5, 0.6) is 0 Å². The number of ketones is 1. The maximum Gasteiger partial charge on any atom is 0.252 e. The zero-order valence-electron chi connectivity index (χ0n) is 13.9. The molecule has 25 heavy (non-hydrogen) atoms. The normalized spacial score (nSPS) is 20.1. The van der Waals surface area contributed by atoms with E-state index in [2.05, 4.69) is 5.32 Å². The highest BCUT2D eigenvalue weighted by molar-refractivity contribution is 6.30. The minimum absolute atomic E-state index is 0.117. The Morgan fingerprint density at radius 3 is 2.16 bits per heavy atom. The number of benzene rings is 2. The molecule has 0 unspecified atom stereocenters. The van der Waals surface area contributed by atoms with Crippen molar-refractivity contribution >= 4 is 23.3 Å². The fourth-order valence-corrected chi connectivity index (χ4v) is 3.29. The third-order valence-electron chi connectivity index (χ3n) is 4.63. The summed E-state index contributed by atoms with van der Waals surface area (Å²) in [6.45, 7) is 0. The first-order valence-corrected chi connectivity index (χ1v) is 8.88. The van der Waals surface area contributed by atoms with Gasteiger partial charge in [-0.25, -0.2) is 0 Å². The molecule has 3 rings (SSSR count). The molecule has 5 heteroatoms. The molecule has 0 atom stereocenters. The summed E-state index contributed by atoms with van der Waals surface area (Å²) in [5.41, 5.74) is 7.22. The predicted molar refractivity (Wildman–Crippen MR) is 99.0 cm³/mol. The number of carbonyl (C=O) groups excluding carboxylic acids is 2. The molecule has 2 aromatic carbocycles. The van der Waals surface area contributed by atoms with Crippen molar-refractivity contribution in [1.29, 1.82) is 0 Å². The van der Waals surface area contributed by atoms with E-state index >= 15 is 0 Å². The summed E-state index contributed by atoms with van der Waals surface area (Å²) >= 11 is 5.88. The smallest absolute Gasteiger partial charge is 0.252 e. The molecular formula is C20H21ClN2O2. The first-order valence-electron chi connectivity index (χ1n) is 8.50. The molecule has 0 aromatic heterocycles. The van der Waals surface area contributed by atoms with Gasteiger partial charge in [-0.15, -0.1) is 0 Å². The van der Waals surface area contributed by atoms with E-state index in [1.807, 2.05) is 0 Å². The van der Waals surface area contributed by atoms with Crippen LogP contribution in [0.25, 0.3) is 0 Å². The Morgan fingerprint density at radius 2 is 1.52 bits per heavy atom. The maximum atomic E-state index is 12.8. The van der Waals surface area contributed by atoms with Gasteiger partial charge >= 0.3 is 0 Å². The van der Waals surface area contributed by atoms with Gasteiger partial charge < -0.3 is 11.1 Å². The lowest BCUT2D eigenvalue weighted by molar-refractivity contribution is 0.0916. The van der Waals surface area contributed by atoms with E-state index in [4.69, 9.17) is 17.3 Å². The van der Waals surface area contributed by atoms with Gasteiger partial charge in [0.05, 0.1) is 5.56 Å². The standard InChI is InChI=1S/C20H21ClN2O2/c21-14-7-5-13(6-8-14)19(24)17-3-1-2-4-18(17)20(25)23-16-11-9-15(22)10-12-16/h1-8,15-16H,9-12,22H2,(H,23,25). The largest absolute Gasteiger partial charge is 0.349 e. The van der Waals surface area contributed by atoms with Gasteiger partial charge in [0.15, 0.2) is 5.78 Å². The highest BCUT2D eigenvalue weighted by atomic mass is 35.5. The Bertz CT molecular complexity index is 766. The number of rotatable bonds is 4. The van der Waals surface area contributed by atoms with Gasteiger partial charge in [0.25, 0.3) is 5.91 Å². The molecule has 2 aromatic rings. The van der Waals surface area contributed by atoms with Crippen LogP contribution >= 0.6 is 11.6 Å². The number of nitrogens with one attached hydrogen (secondary N) is 1. The summed E-state index contributed by atoms with van der Waals surface area (Å²) in [6.07, 6.45) is 3.58. The number of carbonyl (C=O) groups is 2. The summed E-state index contributed by atoms with van der Waals surface area (Å²) < 4.78 is 0. The summed E-state index contributed by atoms with van der Waals surface area (Å²) in [4.78, 5) is 25.5. The van der Waals surface area contributed by atoms with Gasteiger partial charge in [-0.3, -0.25) is 9.59 Å². The number of halogens is 1. The van der Waals surface area contributed by atoms with Crippen molar-refractivity contribution in [2.45, 2.75) is 37.8 Å². The van der Waals surface area contributed by atoms with E-state index in [1.54, 1.807) is 48.5 Å². The van der Waals surface area contributed by atoms with Crippen LogP contribution in [0.1, 0.15) is 52.0 Å². The molecule has 0 spiro atoms. The van der Waals surface area contributed by atoms with E-state index in [0.717, 1.165) is 25.7 Å². The second kappa shape index (κ2) is 7.81. The third-order valence-corrected chi connectivity index (χ3v) is 4.88. The number of hydrogen-bond donors (Lipinski definition) is 2. The topological polar surface area (TPSA) is 72.2 Å². The molecule has 1 aliphatic carbocycles. The van der Waals surface area contributed by atoms with E-state index in [9.17, 15) is 9.59 Å². The fourth-order valence-electron chi connectivity index (χ4n) is 3.16. The minimum Gasteiger partial charge on any atom is -0.349 e. The fraction of sp³-hybridized carbons (Fsp3) is 0.300. The number of hydrogen-bond acceptors (Lipinski definition) is 3. The van der Waals surface area contributed by atoms with Gasteiger partial charge in [0.1, 0.15) is 0 Å². The van der Waals surface area contributed by atoms with Crippen LogP contribution in [-0.4, -0.2) is 23.8 Å². The monoisotopic (exact) mass is 356 g/mol. The number of nitrogens with two attached hydrogens (primary N) is 1. The van der Waals surface area contributed by atoms with Crippen molar-refractivity contribution in [2.75, 3.05) is 0 Å². The highest BCUT2D eigenvalue weighted by Crippen LogP contribution is 2.20. The van der Waals surface area contributed by atoms with E-state index in [0.29, 0.717) is 21.7 Å². The molecule has 1 aliphatic rings. The Balaban J connectivity index is 1.79. The van der Waals surface area contributed by atoms with E-state index in [-0.39, 0.29) is 23.8 Å². The second-order valence-corrected chi connectivity index (χ2v) is 6.90. The van der Waals surface area contributed by atoms with Crippen molar-refractivity contribution in [3.8, 4) is 0 Å². The summed E-state index contributed by atoms with van der Waals surface area (Å²) in [6, 6.07) is 13.9. The zero-order chi connectivity index (χ0) is 17.8. The highest BCUT2D eigenvalue weighted by Gasteiger charge is 2.23. The van der Waals surface area contributed by atoms with Crippen molar-refractivity contribution in [3.05, 3.63) is 70.2 Å². The lowest BCUT2D eigenvalue weighted by atomic mass is 9.91. The predicted octanol–water partition coefficient (Wildman–Crippen LogP) is 3.57. The zero-order valence-corrected chi connectivity index (χ0v) is 14.6. The average molecular weight is 357 g/mol. The van der Waals surface area contributed by atoms with Gasteiger partial charge in [0, 0.05) is 28.2 Å². The Labute approximate surface area is 152 Å². The first kappa shape index (κ1) is 17.6. The van der Waals surface area contributed by atoms with Crippen LogP contribution in [0, 0.1) is 0 Å². The van der Waals surface area contributed by atoms with Gasteiger partial charge in [0.2, 0.25) is 0 Å². The van der Waals surface area contributed by atoms with Gasteiger partial charge in [-0.2, -0.15) is 0 Å². The lowest BCUT2D eigenvalue weighted by Crippen LogP contribution is -2.40. The van der Waals surface area contributed by atoms with Crippen LogP contribution in [-0.2, 0) is 0 Å². The van der Waals surface area contributed by atoms with Crippen molar-refractivity contribution in [2.24, 2.45) is 5.73 Å². The molecule has 0 bridgehead atoms. The van der Waals surface area contributed by atoms with E-state index < -0.39 is 0 Å². The first-order chi connectivity index (χ1) is 12.0. The van der Waals surface area contributed by atoms with Crippen LogP contribution in [0.15, 0.2) is 48.5 Å². The van der Waals surface area contributed by atoms with E-state index in [1.165, 1.54) is 0 Å². The molecular weight excluding hydrogens is 336 g/mol. The summed E-state index contributed by atoms with van der Waals surface area (Å²) in [5, 5.41) is 3.61. The van der Waals surface area contributed by atoms with Crippen molar-refractivity contribution in [3.63, 3.8) is 0 Å². The number of amides is 1. The lowest BCUT2D eigenvalue weighted by Gasteiger charge is -2.27. The Hall–Kier alpha value is -2.17. The molecule has 4 nitrogen and oxygen atoms in total. The van der Waals surface area contributed by atoms with Crippen LogP contribution < -0.4 is 11.1 Å². The summed E-state index contributed by atoms with van der Waals surface area (Å²) in [7, 11) is 0. The Morgan fingerprint density at radius 1 is 0.920 bits per heavy atom. The summed E-state index contributed by atoms with van der Waals surface area (Å²) in [5.74, 6) is -0.397. The molecule has 3 N–H and O–H groups in total. The maximum absolute atomic E-state index is 12.8. The Kier molecular flexibility index (Phi) is 5.51. The minimum atomic E-state index is -0.210. The average Bonchev–Trinajstić information content (AvgIpc) is 2.63. The van der Waals surface area contributed by atoms with Crippen LogP contribution in [0.2, 0.25) is 5.02 Å². The molecule has 0 aliphatic heterocycles. The molecule has 0 radical (unpaired) electrons. The van der Waals surface area contributed by atoms with Crippen LogP contribution in [0.3, 0.4) is 0 Å². The second-order valence-electron chi connectivity index (χ2n) is 6.47. The quantitative estimate of drug-likeness (QED) is 0.822. The van der Waals surface area contributed by atoms with Crippen LogP contribution in [0.4, 0.5) is 0 Å². The van der Waals surface area contributed by atoms with Crippen molar-refractivity contribution in [1.82, 2.24) is 5.32 Å². The van der Waals surface area contributed by atoms with Gasteiger partial charge in [-0.05, 0) is 56.0 Å².